The average molecular weight is 417 g/mol. The molecular weight excluding hydrogens is 384 g/mol. The number of aromatic nitrogens is 3. The van der Waals surface area contributed by atoms with Crippen molar-refractivity contribution >= 4 is 17.7 Å². The Bertz CT molecular complexity index is 783. The maximum absolute atomic E-state index is 12.2. The summed E-state index contributed by atoms with van der Waals surface area (Å²) in [6, 6.07) is 8.33. The van der Waals surface area contributed by atoms with E-state index in [-0.39, 0.29) is 5.91 Å². The van der Waals surface area contributed by atoms with Gasteiger partial charge in [0.05, 0.1) is 12.9 Å². The topological polar surface area (TPSA) is 69.0 Å². The van der Waals surface area contributed by atoms with Crippen LogP contribution >= 0.6 is 11.8 Å². The molecule has 1 amide bonds. The van der Waals surface area contributed by atoms with Crippen LogP contribution in [0.3, 0.4) is 0 Å². The molecule has 1 saturated carbocycles. The standard InChI is InChI=1S/C22H32N4O2S/c1-16(2)13-14-23-20(27)15-29-22-25-24-21(17-9-11-19(28-3)12-10-17)26(22)18-7-5-4-6-8-18/h9-12,16,18H,4-8,13-15H2,1-3H3,(H,23,27). The van der Waals surface area contributed by atoms with Gasteiger partial charge in [-0.3, -0.25) is 9.36 Å². The smallest absolute Gasteiger partial charge is 0.230 e. The van der Waals surface area contributed by atoms with E-state index in [1.807, 2.05) is 24.3 Å². The number of hydrogen-bond acceptors (Lipinski definition) is 5. The molecule has 158 valence electrons. The molecule has 0 atom stereocenters. The number of ether oxygens (including phenoxy) is 1. The number of nitrogens with zero attached hydrogens (tertiary/aromatic N) is 3. The fourth-order valence-corrected chi connectivity index (χ4v) is 4.50. The number of thioether (sulfide) groups is 1. The minimum absolute atomic E-state index is 0.0554. The number of nitrogens with one attached hydrogen (secondary N) is 1. The largest absolute Gasteiger partial charge is 0.497 e. The fourth-order valence-electron chi connectivity index (χ4n) is 3.66. The molecule has 0 aliphatic heterocycles. The van der Waals surface area contributed by atoms with Crippen molar-refractivity contribution in [1.82, 2.24) is 20.1 Å². The lowest BCUT2D eigenvalue weighted by Gasteiger charge is -2.25. The second kappa shape index (κ2) is 10.7. The molecular formula is C22H32N4O2S. The van der Waals surface area contributed by atoms with Gasteiger partial charge >= 0.3 is 0 Å². The summed E-state index contributed by atoms with van der Waals surface area (Å²) in [6.07, 6.45) is 7.01. The van der Waals surface area contributed by atoms with Gasteiger partial charge in [0.1, 0.15) is 5.75 Å². The highest BCUT2D eigenvalue weighted by Gasteiger charge is 2.24. The van der Waals surface area contributed by atoms with E-state index < -0.39 is 0 Å². The highest BCUT2D eigenvalue weighted by atomic mass is 32.2. The molecule has 2 aromatic rings. The molecule has 0 saturated heterocycles. The van der Waals surface area contributed by atoms with E-state index in [9.17, 15) is 4.79 Å². The SMILES string of the molecule is COc1ccc(-c2nnc(SCC(=O)NCCC(C)C)n2C2CCCCC2)cc1. The summed E-state index contributed by atoms with van der Waals surface area (Å²) in [6.45, 7) is 5.05. The number of amides is 1. The molecule has 3 rings (SSSR count). The fraction of sp³-hybridized carbons (Fsp3) is 0.591. The first-order valence-corrected chi connectivity index (χ1v) is 11.6. The molecule has 7 heteroatoms. The van der Waals surface area contributed by atoms with Crippen LogP contribution in [0.25, 0.3) is 11.4 Å². The van der Waals surface area contributed by atoms with Crippen molar-refractivity contribution in [3.8, 4) is 17.1 Å². The van der Waals surface area contributed by atoms with E-state index in [1.54, 1.807) is 7.11 Å². The highest BCUT2D eigenvalue weighted by molar-refractivity contribution is 7.99. The summed E-state index contributed by atoms with van der Waals surface area (Å²) < 4.78 is 7.53. The molecule has 0 spiro atoms. The number of benzene rings is 1. The third-order valence-electron chi connectivity index (χ3n) is 5.33. The monoisotopic (exact) mass is 416 g/mol. The summed E-state index contributed by atoms with van der Waals surface area (Å²) >= 11 is 1.48. The molecule has 0 radical (unpaired) electrons. The van der Waals surface area contributed by atoms with E-state index in [4.69, 9.17) is 4.74 Å². The molecule has 1 aromatic carbocycles. The summed E-state index contributed by atoms with van der Waals surface area (Å²) in [7, 11) is 1.67. The van der Waals surface area contributed by atoms with Crippen molar-refractivity contribution in [1.29, 1.82) is 0 Å². The summed E-state index contributed by atoms with van der Waals surface area (Å²) in [5.41, 5.74) is 1.03. The molecule has 1 aromatic heterocycles. The second-order valence-electron chi connectivity index (χ2n) is 8.02. The van der Waals surface area contributed by atoms with Gasteiger partial charge in [-0.25, -0.2) is 0 Å². The van der Waals surface area contributed by atoms with E-state index in [0.29, 0.717) is 17.7 Å². The Labute approximate surface area is 177 Å². The minimum Gasteiger partial charge on any atom is -0.497 e. The quantitative estimate of drug-likeness (QED) is 0.599. The number of carbonyl (C=O) groups is 1. The zero-order chi connectivity index (χ0) is 20.6. The third kappa shape index (κ3) is 5.98. The van der Waals surface area contributed by atoms with E-state index in [2.05, 4.69) is 33.9 Å². The normalized spacial score (nSPS) is 14.9. The maximum atomic E-state index is 12.2. The first-order chi connectivity index (χ1) is 14.1. The van der Waals surface area contributed by atoms with E-state index in [0.717, 1.165) is 48.1 Å². The Morgan fingerprint density at radius 1 is 1.21 bits per heavy atom. The predicted octanol–water partition coefficient (Wildman–Crippen LogP) is 4.71. The summed E-state index contributed by atoms with van der Waals surface area (Å²) in [5.74, 6) is 2.71. The molecule has 1 aliphatic rings. The van der Waals surface area contributed by atoms with Gasteiger partial charge in [0, 0.05) is 18.2 Å². The van der Waals surface area contributed by atoms with Crippen molar-refractivity contribution < 1.29 is 9.53 Å². The van der Waals surface area contributed by atoms with Crippen LogP contribution < -0.4 is 10.1 Å². The minimum atomic E-state index is 0.0554. The van der Waals surface area contributed by atoms with Gasteiger partial charge in [0.15, 0.2) is 11.0 Å². The lowest BCUT2D eigenvalue weighted by molar-refractivity contribution is -0.118. The molecule has 6 nitrogen and oxygen atoms in total. The van der Waals surface area contributed by atoms with Crippen LogP contribution in [0.4, 0.5) is 0 Å². The van der Waals surface area contributed by atoms with Crippen LogP contribution in [0.15, 0.2) is 29.4 Å². The van der Waals surface area contributed by atoms with Crippen molar-refractivity contribution in [2.75, 3.05) is 19.4 Å². The van der Waals surface area contributed by atoms with Gasteiger partial charge in [-0.1, -0.05) is 44.9 Å². The Balaban J connectivity index is 1.75. The zero-order valence-corrected chi connectivity index (χ0v) is 18.5. The number of rotatable bonds is 9. The maximum Gasteiger partial charge on any atom is 0.230 e. The Morgan fingerprint density at radius 3 is 2.59 bits per heavy atom. The predicted molar refractivity (Wildman–Crippen MR) is 117 cm³/mol. The number of hydrogen-bond donors (Lipinski definition) is 1. The van der Waals surface area contributed by atoms with Gasteiger partial charge in [0.2, 0.25) is 5.91 Å². The lowest BCUT2D eigenvalue weighted by atomic mass is 9.95. The van der Waals surface area contributed by atoms with Gasteiger partial charge < -0.3 is 10.1 Å². The zero-order valence-electron chi connectivity index (χ0n) is 17.7. The van der Waals surface area contributed by atoms with Crippen molar-refractivity contribution in [3.63, 3.8) is 0 Å². The molecule has 1 aliphatic carbocycles. The van der Waals surface area contributed by atoms with E-state index in [1.165, 1.54) is 31.0 Å². The van der Waals surface area contributed by atoms with Gasteiger partial charge in [-0.05, 0) is 49.4 Å². The van der Waals surface area contributed by atoms with Crippen LogP contribution in [0, 0.1) is 5.92 Å². The summed E-state index contributed by atoms with van der Waals surface area (Å²) in [5, 5.41) is 12.8. The number of carbonyl (C=O) groups excluding carboxylic acids is 1. The van der Waals surface area contributed by atoms with Crippen LogP contribution in [-0.2, 0) is 4.79 Å². The van der Waals surface area contributed by atoms with Gasteiger partial charge in [0.25, 0.3) is 0 Å². The molecule has 1 N–H and O–H groups in total. The average Bonchev–Trinajstić information content (AvgIpc) is 3.16. The lowest BCUT2D eigenvalue weighted by Crippen LogP contribution is -2.27. The molecule has 0 bridgehead atoms. The highest BCUT2D eigenvalue weighted by Crippen LogP contribution is 2.35. The van der Waals surface area contributed by atoms with Crippen LogP contribution in [0.1, 0.15) is 58.4 Å². The van der Waals surface area contributed by atoms with E-state index >= 15 is 0 Å². The Hall–Kier alpha value is -2.02. The first-order valence-electron chi connectivity index (χ1n) is 10.6. The summed E-state index contributed by atoms with van der Waals surface area (Å²) in [4.78, 5) is 12.2. The first kappa shape index (κ1) is 21.7. The van der Waals surface area contributed by atoms with Crippen molar-refractivity contribution in [2.24, 2.45) is 5.92 Å². The van der Waals surface area contributed by atoms with Crippen molar-refractivity contribution in [2.45, 2.75) is 63.6 Å². The third-order valence-corrected chi connectivity index (χ3v) is 6.27. The molecule has 0 unspecified atom stereocenters. The number of methoxy groups -OCH3 is 1. The van der Waals surface area contributed by atoms with Gasteiger partial charge in [-0.2, -0.15) is 0 Å². The van der Waals surface area contributed by atoms with Crippen LogP contribution in [0.2, 0.25) is 0 Å². The van der Waals surface area contributed by atoms with Gasteiger partial charge in [-0.15, -0.1) is 10.2 Å². The van der Waals surface area contributed by atoms with Crippen LogP contribution in [-0.4, -0.2) is 40.1 Å². The Kier molecular flexibility index (Phi) is 7.98. The molecule has 1 heterocycles. The molecule has 1 fully saturated rings. The second-order valence-corrected chi connectivity index (χ2v) is 8.96. The van der Waals surface area contributed by atoms with Crippen molar-refractivity contribution in [3.05, 3.63) is 24.3 Å². The Morgan fingerprint density at radius 2 is 1.93 bits per heavy atom. The molecule has 29 heavy (non-hydrogen) atoms. The van der Waals surface area contributed by atoms with Crippen LogP contribution in [0.5, 0.6) is 5.75 Å².